The van der Waals surface area contributed by atoms with Crippen LogP contribution in [0.4, 0.5) is 17.3 Å². The van der Waals surface area contributed by atoms with Crippen LogP contribution in [0.15, 0.2) is 78.4 Å². The van der Waals surface area contributed by atoms with Crippen LogP contribution in [0.3, 0.4) is 0 Å². The minimum absolute atomic E-state index is 0.0665. The molecule has 1 atom stereocenters. The molecule has 6 N–H and O–H groups in total. The summed E-state index contributed by atoms with van der Waals surface area (Å²) in [5.41, 5.74) is 12.6. The van der Waals surface area contributed by atoms with E-state index in [1.54, 1.807) is 13.2 Å². The summed E-state index contributed by atoms with van der Waals surface area (Å²) in [5.74, 6) is 2.77. The number of benzene rings is 1. The van der Waals surface area contributed by atoms with Crippen molar-refractivity contribution in [1.82, 2.24) is 30.7 Å². The number of nitrogens with zero attached hydrogens (tertiary/aromatic N) is 4. The van der Waals surface area contributed by atoms with E-state index in [2.05, 4.69) is 66.7 Å². The largest absolute Gasteiger partial charge is 0.385 e. The highest BCUT2D eigenvalue weighted by atomic mass is 16.5. The van der Waals surface area contributed by atoms with Crippen LogP contribution < -0.4 is 27.0 Å². The van der Waals surface area contributed by atoms with Gasteiger partial charge in [0.25, 0.3) is 0 Å². The second kappa shape index (κ2) is 23.2. The lowest BCUT2D eigenvalue weighted by Crippen LogP contribution is -2.34. The topological polar surface area (TPSA) is 173 Å². The van der Waals surface area contributed by atoms with Gasteiger partial charge >= 0.3 is 0 Å². The second-order valence-corrected chi connectivity index (χ2v) is 15.5. The zero-order valence-electron chi connectivity index (χ0n) is 35.5. The number of hydrogen-bond acceptors (Lipinski definition) is 10. The van der Waals surface area contributed by atoms with Crippen LogP contribution in [0.2, 0.25) is 0 Å². The number of allylic oxidation sites excluding steroid dienone is 1. The SMILES string of the molecule is C=C(c1noc(C2CC2)c1-c1ccccn1)c1c(N)ncnc1NC.C=C1CCC(c2cccc(NCCCCCCCCCCNC(=O)C3CCC3)c2)C(=O)N1.CC. The van der Waals surface area contributed by atoms with Crippen LogP contribution in [0.5, 0.6) is 0 Å². The summed E-state index contributed by atoms with van der Waals surface area (Å²) < 4.78 is 5.68. The maximum absolute atomic E-state index is 12.2. The minimum atomic E-state index is -0.0683. The first-order valence-electron chi connectivity index (χ1n) is 21.8. The van der Waals surface area contributed by atoms with Crippen molar-refractivity contribution in [1.29, 1.82) is 0 Å². The molecule has 0 spiro atoms. The Bertz CT molecular complexity index is 1970. The van der Waals surface area contributed by atoms with Crippen LogP contribution >= 0.6 is 0 Å². The molecule has 0 radical (unpaired) electrons. The zero-order valence-corrected chi connectivity index (χ0v) is 35.5. The summed E-state index contributed by atoms with van der Waals surface area (Å²) in [6.45, 7) is 13.9. The fraction of sp³-hybridized carbons (Fsp3) is 0.489. The molecule has 316 valence electrons. The molecular formula is C47H65N9O3. The van der Waals surface area contributed by atoms with Crippen LogP contribution in [0.1, 0.15) is 145 Å². The third-order valence-corrected chi connectivity index (χ3v) is 11.1. The van der Waals surface area contributed by atoms with E-state index >= 15 is 0 Å². The Balaban J connectivity index is 0.000000221. The van der Waals surface area contributed by atoms with Crippen molar-refractivity contribution in [2.75, 3.05) is 36.5 Å². The van der Waals surface area contributed by atoms with E-state index in [0.29, 0.717) is 40.3 Å². The van der Waals surface area contributed by atoms with Gasteiger partial charge in [-0.3, -0.25) is 14.6 Å². The lowest BCUT2D eigenvalue weighted by molar-refractivity contribution is -0.127. The van der Waals surface area contributed by atoms with Crippen molar-refractivity contribution in [3.05, 3.63) is 96.4 Å². The molecule has 3 aromatic heterocycles. The van der Waals surface area contributed by atoms with Crippen molar-refractivity contribution in [2.24, 2.45) is 5.92 Å². The molecule has 12 nitrogen and oxygen atoms in total. The van der Waals surface area contributed by atoms with Gasteiger partial charge in [-0.1, -0.05) is 95.3 Å². The highest BCUT2D eigenvalue weighted by Crippen LogP contribution is 2.47. The molecule has 12 heteroatoms. The normalized spacial score (nSPS) is 16.0. The lowest BCUT2D eigenvalue weighted by atomic mass is 9.85. The van der Waals surface area contributed by atoms with Gasteiger partial charge in [0.05, 0.1) is 22.7 Å². The summed E-state index contributed by atoms with van der Waals surface area (Å²) in [4.78, 5) is 36.8. The second-order valence-electron chi connectivity index (χ2n) is 15.5. The molecule has 1 saturated heterocycles. The smallest absolute Gasteiger partial charge is 0.231 e. The Morgan fingerprint density at radius 1 is 0.915 bits per heavy atom. The third-order valence-electron chi connectivity index (χ3n) is 11.1. The Kier molecular flexibility index (Phi) is 17.5. The van der Waals surface area contributed by atoms with Gasteiger partial charge in [-0.2, -0.15) is 0 Å². The number of amides is 2. The summed E-state index contributed by atoms with van der Waals surface area (Å²) in [5, 5.41) is 16.8. The lowest BCUT2D eigenvalue weighted by Gasteiger charge is -2.24. The number of rotatable bonds is 19. The Hall–Kier alpha value is -5.52. The van der Waals surface area contributed by atoms with E-state index < -0.39 is 0 Å². The number of piperidine rings is 1. The molecular weight excluding hydrogens is 739 g/mol. The molecule has 1 aromatic carbocycles. The van der Waals surface area contributed by atoms with Gasteiger partial charge in [0.1, 0.15) is 29.4 Å². The van der Waals surface area contributed by atoms with E-state index in [1.165, 1.54) is 57.7 Å². The first-order chi connectivity index (χ1) is 28.8. The number of pyridine rings is 1. The van der Waals surface area contributed by atoms with Gasteiger partial charge in [-0.25, -0.2) is 9.97 Å². The maximum atomic E-state index is 12.2. The average Bonchev–Trinajstić information content (AvgIpc) is 3.99. The van der Waals surface area contributed by atoms with Crippen molar-refractivity contribution < 1.29 is 14.1 Å². The number of nitrogen functional groups attached to an aromatic ring is 1. The van der Waals surface area contributed by atoms with Gasteiger partial charge < -0.3 is 31.5 Å². The van der Waals surface area contributed by atoms with Crippen LogP contribution in [-0.2, 0) is 9.59 Å². The van der Waals surface area contributed by atoms with Crippen molar-refractivity contribution in [2.45, 2.75) is 122 Å². The molecule has 7 rings (SSSR count). The Morgan fingerprint density at radius 3 is 2.29 bits per heavy atom. The van der Waals surface area contributed by atoms with E-state index in [4.69, 9.17) is 10.3 Å². The monoisotopic (exact) mass is 804 g/mol. The van der Waals surface area contributed by atoms with E-state index in [1.807, 2.05) is 44.2 Å². The number of carbonyl (C=O) groups is 2. The number of anilines is 3. The Labute approximate surface area is 350 Å². The molecule has 1 unspecified atom stereocenters. The van der Waals surface area contributed by atoms with Crippen molar-refractivity contribution in [3.63, 3.8) is 0 Å². The summed E-state index contributed by atoms with van der Waals surface area (Å²) in [7, 11) is 1.77. The number of unbranched alkanes of at least 4 members (excludes halogenated alkanes) is 7. The zero-order chi connectivity index (χ0) is 42.0. The molecule has 3 fully saturated rings. The first kappa shape index (κ1) is 44.6. The molecule has 2 saturated carbocycles. The van der Waals surface area contributed by atoms with Crippen LogP contribution in [-0.4, -0.2) is 52.1 Å². The number of nitrogens with one attached hydrogen (secondary N) is 4. The van der Waals surface area contributed by atoms with Crippen molar-refractivity contribution in [3.8, 4) is 11.3 Å². The van der Waals surface area contributed by atoms with E-state index in [9.17, 15) is 9.59 Å². The van der Waals surface area contributed by atoms with Gasteiger partial charge in [0.2, 0.25) is 11.8 Å². The fourth-order valence-electron chi connectivity index (χ4n) is 7.42. The van der Waals surface area contributed by atoms with Gasteiger partial charge in [-0.15, -0.1) is 0 Å². The average molecular weight is 804 g/mol. The highest BCUT2D eigenvalue weighted by molar-refractivity contribution is 5.92. The van der Waals surface area contributed by atoms with E-state index in [-0.39, 0.29) is 17.7 Å². The summed E-state index contributed by atoms with van der Waals surface area (Å²) in [6.07, 6.45) is 20.3. The molecule has 1 aliphatic heterocycles. The predicted octanol–water partition coefficient (Wildman–Crippen LogP) is 9.76. The van der Waals surface area contributed by atoms with Gasteiger partial charge in [0, 0.05) is 55.1 Å². The molecule has 0 bridgehead atoms. The predicted molar refractivity (Wildman–Crippen MR) is 239 cm³/mol. The highest BCUT2D eigenvalue weighted by Gasteiger charge is 2.34. The number of aromatic nitrogens is 4. The molecule has 2 amide bonds. The quantitative estimate of drug-likeness (QED) is 0.0575. The minimum Gasteiger partial charge on any atom is -0.385 e. The van der Waals surface area contributed by atoms with Gasteiger partial charge in [-0.05, 0) is 81.2 Å². The maximum Gasteiger partial charge on any atom is 0.231 e. The Morgan fingerprint density at radius 2 is 1.64 bits per heavy atom. The number of hydrogen-bond donors (Lipinski definition) is 5. The third kappa shape index (κ3) is 12.7. The fourth-order valence-corrected chi connectivity index (χ4v) is 7.42. The standard InChI is InChI=1S/C27H41N3O2.C18H18N6O.C2H6/c1-21-16-17-25(27(32)30-21)23-14-11-15-24(20-23)28-18-8-6-4-2-3-5-7-9-19-29-26(31)22-12-10-13-22;1-10(13-17(19)22-9-23-18(13)20-2)15-14(12-5-3-4-8-21-12)16(25-24-15)11-6-7-11;1-2/h11,14-15,20,22,25,28H,1-10,12-13,16-19H2,(H,29,31)(H,30,32);3-5,8-9,11H,1,6-7H2,2H3,(H3,19,20,22,23);1-2H3. The first-order valence-corrected chi connectivity index (χ1v) is 21.8. The summed E-state index contributed by atoms with van der Waals surface area (Å²) in [6, 6.07) is 14.0. The van der Waals surface area contributed by atoms with Crippen molar-refractivity contribution >= 4 is 34.7 Å². The summed E-state index contributed by atoms with van der Waals surface area (Å²) >= 11 is 0. The van der Waals surface area contributed by atoms with Crippen LogP contribution in [0, 0.1) is 5.92 Å². The van der Waals surface area contributed by atoms with Crippen LogP contribution in [0.25, 0.3) is 16.8 Å². The van der Waals surface area contributed by atoms with E-state index in [0.717, 1.165) is 92.0 Å². The van der Waals surface area contributed by atoms with Gasteiger partial charge in [0.15, 0.2) is 0 Å². The molecule has 4 heterocycles. The number of nitrogens with two attached hydrogens (primary N) is 1. The molecule has 3 aliphatic rings. The molecule has 2 aliphatic carbocycles. The molecule has 4 aromatic rings. The number of carbonyl (C=O) groups excluding carboxylic acids is 2. The molecule has 59 heavy (non-hydrogen) atoms.